The summed E-state index contributed by atoms with van der Waals surface area (Å²) in [6.07, 6.45) is 2.19. The van der Waals surface area contributed by atoms with Gasteiger partial charge in [-0.25, -0.2) is 0 Å². The number of nitrogens with one attached hydrogen (secondary N) is 1. The van der Waals surface area contributed by atoms with Gasteiger partial charge in [-0.15, -0.1) is 10.2 Å². The van der Waals surface area contributed by atoms with Gasteiger partial charge in [0, 0.05) is 19.6 Å². The summed E-state index contributed by atoms with van der Waals surface area (Å²) < 4.78 is 10.9. The maximum absolute atomic E-state index is 5.52. The number of aryl methyl sites for hydroxylation is 1. The van der Waals surface area contributed by atoms with Gasteiger partial charge in [-0.3, -0.25) is 0 Å². The first kappa shape index (κ1) is 12.9. The van der Waals surface area contributed by atoms with Crippen LogP contribution in [0.25, 0.3) is 0 Å². The first-order valence-corrected chi connectivity index (χ1v) is 6.95. The Labute approximate surface area is 106 Å². The van der Waals surface area contributed by atoms with E-state index in [4.69, 9.17) is 9.15 Å². The first-order valence-electron chi connectivity index (χ1n) is 6.07. The lowest BCUT2D eigenvalue weighted by Gasteiger charge is -2.30. The van der Waals surface area contributed by atoms with Gasteiger partial charge in [0.25, 0.3) is 5.22 Å². The Kier molecular flexibility index (Phi) is 4.82. The fourth-order valence-electron chi connectivity index (χ4n) is 1.85. The van der Waals surface area contributed by atoms with Crippen LogP contribution in [0.3, 0.4) is 0 Å². The molecule has 1 saturated heterocycles. The number of thioether (sulfide) groups is 1. The minimum absolute atomic E-state index is 0.357. The fourth-order valence-corrected chi connectivity index (χ4v) is 2.92. The highest BCUT2D eigenvalue weighted by Crippen LogP contribution is 2.27. The van der Waals surface area contributed by atoms with E-state index in [-0.39, 0.29) is 0 Å². The molecule has 0 spiro atoms. The minimum Gasteiger partial charge on any atom is -0.416 e. The number of ether oxygens (including phenoxy) is 1. The monoisotopic (exact) mass is 257 g/mol. The Morgan fingerprint density at radius 1 is 1.47 bits per heavy atom. The molecule has 1 aliphatic rings. The zero-order chi connectivity index (χ0) is 12.1. The highest BCUT2D eigenvalue weighted by atomic mass is 32.2. The molecule has 0 bridgehead atoms. The summed E-state index contributed by atoms with van der Waals surface area (Å²) in [5.41, 5.74) is 0. The number of rotatable bonds is 5. The molecule has 5 nitrogen and oxygen atoms in total. The summed E-state index contributed by atoms with van der Waals surface area (Å²) in [7, 11) is 0. The van der Waals surface area contributed by atoms with Gasteiger partial charge in [-0.1, -0.05) is 18.7 Å². The molecule has 2 heterocycles. The van der Waals surface area contributed by atoms with Gasteiger partial charge in [-0.05, 0) is 19.4 Å². The van der Waals surface area contributed by atoms with Crippen LogP contribution in [0.1, 0.15) is 25.7 Å². The van der Waals surface area contributed by atoms with Crippen molar-refractivity contribution in [3.05, 3.63) is 5.89 Å². The summed E-state index contributed by atoms with van der Waals surface area (Å²) in [5, 5.41) is 12.4. The molecule has 0 saturated carbocycles. The second-order valence-corrected chi connectivity index (χ2v) is 5.36. The van der Waals surface area contributed by atoms with E-state index in [1.807, 2.05) is 0 Å². The Morgan fingerprint density at radius 2 is 2.35 bits per heavy atom. The second-order valence-electron chi connectivity index (χ2n) is 4.17. The molecule has 1 aromatic rings. The summed E-state index contributed by atoms with van der Waals surface area (Å²) in [5.74, 6) is 0.613. The minimum atomic E-state index is 0.357. The predicted molar refractivity (Wildman–Crippen MR) is 66.2 cm³/mol. The Morgan fingerprint density at radius 3 is 3.06 bits per heavy atom. The van der Waals surface area contributed by atoms with Gasteiger partial charge >= 0.3 is 0 Å². The molecule has 1 aromatic heterocycles. The van der Waals surface area contributed by atoms with Crippen LogP contribution in [0, 0.1) is 6.92 Å². The average Bonchev–Trinajstić information content (AvgIpc) is 2.74. The van der Waals surface area contributed by atoms with Gasteiger partial charge < -0.3 is 14.5 Å². The van der Waals surface area contributed by atoms with Gasteiger partial charge in [0.1, 0.15) is 0 Å². The molecule has 1 aliphatic heterocycles. The summed E-state index contributed by atoms with van der Waals surface area (Å²) in [6.45, 7) is 6.61. The highest BCUT2D eigenvalue weighted by molar-refractivity contribution is 7.99. The highest BCUT2D eigenvalue weighted by Gasteiger charge is 2.27. The van der Waals surface area contributed by atoms with Crippen LogP contribution >= 0.6 is 11.8 Å². The molecule has 6 heteroatoms. The molecular weight excluding hydrogens is 238 g/mol. The van der Waals surface area contributed by atoms with Gasteiger partial charge in [0.15, 0.2) is 0 Å². The quantitative estimate of drug-likeness (QED) is 0.865. The summed E-state index contributed by atoms with van der Waals surface area (Å²) in [4.78, 5) is 0. The molecule has 0 aliphatic carbocycles. The lowest BCUT2D eigenvalue weighted by Crippen LogP contribution is -2.45. The SMILES string of the molecule is CCCNC1CCOCC1Sc1nnc(C)o1. The third kappa shape index (κ3) is 3.69. The Bertz CT molecular complexity index is 345. The smallest absolute Gasteiger partial charge is 0.276 e. The molecule has 0 amide bonds. The fraction of sp³-hybridized carbons (Fsp3) is 0.818. The maximum Gasteiger partial charge on any atom is 0.276 e. The number of aromatic nitrogens is 2. The van der Waals surface area contributed by atoms with Crippen molar-refractivity contribution in [2.24, 2.45) is 0 Å². The molecular formula is C11H19N3O2S. The van der Waals surface area contributed by atoms with Crippen LogP contribution < -0.4 is 5.32 Å². The summed E-state index contributed by atoms with van der Waals surface area (Å²) >= 11 is 1.62. The van der Waals surface area contributed by atoms with Crippen molar-refractivity contribution >= 4 is 11.8 Å². The van der Waals surface area contributed by atoms with Crippen molar-refractivity contribution < 1.29 is 9.15 Å². The van der Waals surface area contributed by atoms with E-state index in [1.54, 1.807) is 18.7 Å². The molecule has 1 fully saturated rings. The van der Waals surface area contributed by atoms with Gasteiger partial charge in [0.2, 0.25) is 5.89 Å². The van der Waals surface area contributed by atoms with E-state index in [9.17, 15) is 0 Å². The van der Waals surface area contributed by atoms with Crippen molar-refractivity contribution in [3.63, 3.8) is 0 Å². The van der Waals surface area contributed by atoms with Gasteiger partial charge in [-0.2, -0.15) is 0 Å². The third-order valence-electron chi connectivity index (χ3n) is 2.72. The average molecular weight is 257 g/mol. The van der Waals surface area contributed by atoms with Crippen LogP contribution in [-0.4, -0.2) is 41.2 Å². The van der Waals surface area contributed by atoms with E-state index in [2.05, 4.69) is 22.4 Å². The predicted octanol–water partition coefficient (Wildman–Crippen LogP) is 1.63. The summed E-state index contributed by atoms with van der Waals surface area (Å²) in [6, 6.07) is 0.473. The standard InChI is InChI=1S/C11H19N3O2S/c1-3-5-12-9-4-6-15-7-10(9)17-11-14-13-8(2)16-11/h9-10,12H,3-7H2,1-2H3. The van der Waals surface area contributed by atoms with E-state index >= 15 is 0 Å². The molecule has 2 unspecified atom stereocenters. The van der Waals surface area contributed by atoms with E-state index in [1.165, 1.54) is 0 Å². The van der Waals surface area contributed by atoms with Crippen LogP contribution in [0.5, 0.6) is 0 Å². The Hall–Kier alpha value is -0.590. The van der Waals surface area contributed by atoms with Crippen molar-refractivity contribution in [1.29, 1.82) is 0 Å². The molecule has 17 heavy (non-hydrogen) atoms. The zero-order valence-corrected chi connectivity index (χ0v) is 11.1. The van der Waals surface area contributed by atoms with Crippen LogP contribution in [0.4, 0.5) is 0 Å². The molecule has 2 atom stereocenters. The largest absolute Gasteiger partial charge is 0.416 e. The van der Waals surface area contributed by atoms with E-state index < -0.39 is 0 Å². The van der Waals surface area contributed by atoms with Crippen molar-refractivity contribution in [3.8, 4) is 0 Å². The molecule has 0 radical (unpaired) electrons. The van der Waals surface area contributed by atoms with Crippen LogP contribution in [0.2, 0.25) is 0 Å². The van der Waals surface area contributed by atoms with Gasteiger partial charge in [0.05, 0.1) is 11.9 Å². The van der Waals surface area contributed by atoms with E-state index in [0.717, 1.165) is 32.6 Å². The molecule has 0 aromatic carbocycles. The second kappa shape index (κ2) is 6.37. The molecule has 1 N–H and O–H groups in total. The van der Waals surface area contributed by atoms with Crippen molar-refractivity contribution in [2.45, 2.75) is 43.2 Å². The number of hydrogen-bond acceptors (Lipinski definition) is 6. The maximum atomic E-state index is 5.52. The molecule has 96 valence electrons. The van der Waals surface area contributed by atoms with E-state index in [0.29, 0.717) is 22.4 Å². The lowest BCUT2D eigenvalue weighted by molar-refractivity contribution is 0.0830. The lowest BCUT2D eigenvalue weighted by atomic mass is 10.1. The van der Waals surface area contributed by atoms with Crippen molar-refractivity contribution in [1.82, 2.24) is 15.5 Å². The van der Waals surface area contributed by atoms with Crippen molar-refractivity contribution in [2.75, 3.05) is 19.8 Å². The number of nitrogens with zero attached hydrogens (tertiary/aromatic N) is 2. The topological polar surface area (TPSA) is 60.2 Å². The zero-order valence-electron chi connectivity index (χ0n) is 10.3. The number of hydrogen-bond donors (Lipinski definition) is 1. The van der Waals surface area contributed by atoms with Crippen LogP contribution in [-0.2, 0) is 4.74 Å². The Balaban J connectivity index is 1.91. The molecule has 2 rings (SSSR count). The third-order valence-corrected chi connectivity index (χ3v) is 3.85. The van der Waals surface area contributed by atoms with Crippen LogP contribution in [0.15, 0.2) is 9.64 Å². The first-order chi connectivity index (χ1) is 8.29. The normalized spacial score (nSPS) is 25.1.